The highest BCUT2D eigenvalue weighted by molar-refractivity contribution is 6.19. The van der Waals surface area contributed by atoms with E-state index in [4.69, 9.17) is 14.6 Å². The normalized spacial score (nSPS) is 10.9. The molecule has 3 N–H and O–H groups in total. The average Bonchev–Trinajstić information content (AvgIpc) is 2.87. The molecule has 3 rings (SSSR count). The van der Waals surface area contributed by atoms with Crippen LogP contribution in [-0.2, 0) is 11.4 Å². The lowest BCUT2D eigenvalue weighted by atomic mass is 10.1. The van der Waals surface area contributed by atoms with Crippen LogP contribution in [0.25, 0.3) is 5.57 Å². The van der Waals surface area contributed by atoms with Gasteiger partial charge in [-0.25, -0.2) is 0 Å². The van der Waals surface area contributed by atoms with Crippen molar-refractivity contribution < 1.29 is 24.2 Å². The van der Waals surface area contributed by atoms with Crippen molar-refractivity contribution in [3.05, 3.63) is 102 Å². The maximum Gasteiger partial charge on any atom is 0.255 e. The first kappa shape index (κ1) is 23.6. The molecule has 7 heteroatoms. The topological polar surface area (TPSA) is 96.9 Å². The maximum atomic E-state index is 12.6. The zero-order chi connectivity index (χ0) is 23.5. The number of ether oxygens (including phenoxy) is 2. The third-order valence-corrected chi connectivity index (χ3v) is 4.73. The first-order valence-electron chi connectivity index (χ1n) is 10.4. The summed E-state index contributed by atoms with van der Waals surface area (Å²) in [6.45, 7) is 0.278. The monoisotopic (exact) mass is 446 g/mol. The zero-order valence-corrected chi connectivity index (χ0v) is 18.3. The predicted octanol–water partition coefficient (Wildman–Crippen LogP) is 3.15. The molecule has 0 radical (unpaired) electrons. The van der Waals surface area contributed by atoms with Crippen LogP contribution in [-0.4, -0.2) is 37.2 Å². The molecule has 0 fully saturated rings. The first-order valence-corrected chi connectivity index (χ1v) is 10.4. The minimum atomic E-state index is -0.414. The minimum absolute atomic E-state index is 0.102. The van der Waals surface area contributed by atoms with E-state index in [9.17, 15) is 9.59 Å². The summed E-state index contributed by atoms with van der Waals surface area (Å²) in [5, 5.41) is 14.3. The maximum absolute atomic E-state index is 12.6. The highest BCUT2D eigenvalue weighted by Crippen LogP contribution is 2.21. The molecular weight excluding hydrogens is 420 g/mol. The number of nitrogens with one attached hydrogen (secondary N) is 2. The summed E-state index contributed by atoms with van der Waals surface area (Å²) in [6, 6.07) is 23.3. The highest BCUT2D eigenvalue weighted by Gasteiger charge is 2.13. The SMILES string of the molecule is COc1cccc(COc2ccc(C(=CNC(=O)c3ccccc3)C(=O)NCCO)cc2)c1. The van der Waals surface area contributed by atoms with Crippen LogP contribution in [0.2, 0.25) is 0 Å². The fraction of sp³-hybridized carbons (Fsp3) is 0.154. The molecule has 0 aliphatic carbocycles. The second kappa shape index (κ2) is 12.1. The number of carbonyl (C=O) groups is 2. The Morgan fingerprint density at radius 2 is 1.67 bits per heavy atom. The summed E-state index contributed by atoms with van der Waals surface area (Å²) in [4.78, 5) is 25.0. The Kier molecular flexibility index (Phi) is 8.62. The molecular formula is C26H26N2O5. The van der Waals surface area contributed by atoms with Crippen LogP contribution < -0.4 is 20.1 Å². The number of aliphatic hydroxyl groups is 1. The van der Waals surface area contributed by atoms with Gasteiger partial charge in [0, 0.05) is 18.3 Å². The van der Waals surface area contributed by atoms with E-state index in [-0.39, 0.29) is 24.6 Å². The van der Waals surface area contributed by atoms with Crippen molar-refractivity contribution in [2.24, 2.45) is 0 Å². The molecule has 0 aliphatic rings. The van der Waals surface area contributed by atoms with Gasteiger partial charge in [0.1, 0.15) is 18.1 Å². The molecule has 0 heterocycles. The van der Waals surface area contributed by atoms with Crippen molar-refractivity contribution in [2.75, 3.05) is 20.3 Å². The number of amides is 2. The zero-order valence-electron chi connectivity index (χ0n) is 18.3. The molecule has 0 saturated heterocycles. The van der Waals surface area contributed by atoms with E-state index in [0.717, 1.165) is 11.3 Å². The molecule has 0 bridgehead atoms. The number of aliphatic hydroxyl groups excluding tert-OH is 1. The van der Waals surface area contributed by atoms with Crippen molar-refractivity contribution in [3.8, 4) is 11.5 Å². The lowest BCUT2D eigenvalue weighted by Crippen LogP contribution is -2.28. The average molecular weight is 447 g/mol. The number of methoxy groups -OCH3 is 1. The Labute approximate surface area is 192 Å². The lowest BCUT2D eigenvalue weighted by molar-refractivity contribution is -0.115. The number of rotatable bonds is 10. The third kappa shape index (κ3) is 6.95. The molecule has 0 aliphatic heterocycles. The first-order chi connectivity index (χ1) is 16.1. The van der Waals surface area contributed by atoms with Crippen molar-refractivity contribution >= 4 is 17.4 Å². The highest BCUT2D eigenvalue weighted by atomic mass is 16.5. The van der Waals surface area contributed by atoms with Gasteiger partial charge in [0.25, 0.3) is 11.8 Å². The van der Waals surface area contributed by atoms with Crippen molar-refractivity contribution in [1.82, 2.24) is 10.6 Å². The summed E-state index contributed by atoms with van der Waals surface area (Å²) in [5.41, 5.74) is 2.29. The Balaban J connectivity index is 1.72. The molecule has 0 aromatic heterocycles. The lowest BCUT2D eigenvalue weighted by Gasteiger charge is -2.11. The van der Waals surface area contributed by atoms with Gasteiger partial charge >= 0.3 is 0 Å². The second-order valence-corrected chi connectivity index (χ2v) is 7.04. The van der Waals surface area contributed by atoms with Crippen LogP contribution in [0, 0.1) is 0 Å². The number of benzene rings is 3. The third-order valence-electron chi connectivity index (χ3n) is 4.73. The van der Waals surface area contributed by atoms with Gasteiger partial charge in [-0.2, -0.15) is 0 Å². The van der Waals surface area contributed by atoms with E-state index in [1.54, 1.807) is 55.6 Å². The van der Waals surface area contributed by atoms with Crippen molar-refractivity contribution in [1.29, 1.82) is 0 Å². The molecule has 3 aromatic carbocycles. The standard InChI is InChI=1S/C26H26N2O5/c1-32-23-9-5-6-19(16-23)18-33-22-12-10-20(11-13-22)24(26(31)27-14-15-29)17-28-25(30)21-7-3-2-4-8-21/h2-13,16-17,29H,14-15,18H2,1H3,(H,27,31)(H,28,30). The van der Waals surface area contributed by atoms with Gasteiger partial charge in [-0.15, -0.1) is 0 Å². The van der Waals surface area contributed by atoms with Gasteiger partial charge in [0.2, 0.25) is 0 Å². The number of hydrogen-bond donors (Lipinski definition) is 3. The summed E-state index contributed by atoms with van der Waals surface area (Å²) >= 11 is 0. The summed E-state index contributed by atoms with van der Waals surface area (Å²) in [5.74, 6) is 0.640. The van der Waals surface area contributed by atoms with Gasteiger partial charge in [-0.1, -0.05) is 42.5 Å². The van der Waals surface area contributed by atoms with Crippen LogP contribution in [0.3, 0.4) is 0 Å². The summed E-state index contributed by atoms with van der Waals surface area (Å²) in [7, 11) is 1.61. The summed E-state index contributed by atoms with van der Waals surface area (Å²) in [6.07, 6.45) is 1.37. The van der Waals surface area contributed by atoms with Gasteiger partial charge in [0.05, 0.1) is 19.3 Å². The minimum Gasteiger partial charge on any atom is -0.497 e. The van der Waals surface area contributed by atoms with Gasteiger partial charge in [-0.3, -0.25) is 9.59 Å². The Hall–Kier alpha value is -4.10. The number of carbonyl (C=O) groups excluding carboxylic acids is 2. The molecule has 0 atom stereocenters. The second-order valence-electron chi connectivity index (χ2n) is 7.04. The van der Waals surface area contributed by atoms with E-state index in [2.05, 4.69) is 10.6 Å². The van der Waals surface area contributed by atoms with Crippen LogP contribution in [0.1, 0.15) is 21.5 Å². The smallest absolute Gasteiger partial charge is 0.255 e. The Bertz CT molecular complexity index is 1100. The summed E-state index contributed by atoms with van der Waals surface area (Å²) < 4.78 is 11.1. The molecule has 7 nitrogen and oxygen atoms in total. The quantitative estimate of drug-likeness (QED) is 0.416. The van der Waals surface area contributed by atoms with E-state index >= 15 is 0 Å². The largest absolute Gasteiger partial charge is 0.497 e. The van der Waals surface area contributed by atoms with Crippen LogP contribution in [0.4, 0.5) is 0 Å². The van der Waals surface area contributed by atoms with Crippen LogP contribution in [0.15, 0.2) is 85.1 Å². The van der Waals surface area contributed by atoms with Gasteiger partial charge in [0.15, 0.2) is 0 Å². The van der Waals surface area contributed by atoms with Gasteiger partial charge < -0.3 is 25.2 Å². The van der Waals surface area contributed by atoms with E-state index in [1.165, 1.54) is 6.20 Å². The predicted molar refractivity (Wildman–Crippen MR) is 126 cm³/mol. The van der Waals surface area contributed by atoms with E-state index in [0.29, 0.717) is 23.5 Å². The molecule has 0 spiro atoms. The Morgan fingerprint density at radius 1 is 0.909 bits per heavy atom. The molecule has 170 valence electrons. The molecule has 3 aromatic rings. The fourth-order valence-electron chi connectivity index (χ4n) is 3.01. The van der Waals surface area contributed by atoms with E-state index < -0.39 is 5.91 Å². The number of hydrogen-bond acceptors (Lipinski definition) is 5. The van der Waals surface area contributed by atoms with Crippen LogP contribution >= 0.6 is 0 Å². The van der Waals surface area contributed by atoms with Crippen molar-refractivity contribution in [3.63, 3.8) is 0 Å². The van der Waals surface area contributed by atoms with Crippen LogP contribution in [0.5, 0.6) is 11.5 Å². The fourth-order valence-corrected chi connectivity index (χ4v) is 3.01. The molecule has 0 saturated carbocycles. The molecule has 33 heavy (non-hydrogen) atoms. The van der Waals surface area contributed by atoms with Gasteiger partial charge in [-0.05, 0) is 47.5 Å². The molecule has 2 amide bonds. The van der Waals surface area contributed by atoms with E-state index in [1.807, 2.05) is 30.3 Å². The molecule has 0 unspecified atom stereocenters. The van der Waals surface area contributed by atoms with Crippen molar-refractivity contribution in [2.45, 2.75) is 6.61 Å². The Morgan fingerprint density at radius 3 is 2.36 bits per heavy atom.